The normalized spacial score (nSPS) is 18.4. The summed E-state index contributed by atoms with van der Waals surface area (Å²) in [4.78, 5) is 0. The Bertz CT molecular complexity index is 769. The third-order valence-corrected chi connectivity index (χ3v) is 5.24. The monoisotopic (exact) mass is 307 g/mol. The molecule has 1 unspecified atom stereocenters. The Morgan fingerprint density at radius 3 is 2.95 bits per heavy atom. The van der Waals surface area contributed by atoms with Gasteiger partial charge in [-0.25, -0.2) is 17.8 Å². The molecule has 0 bridgehead atoms. The van der Waals surface area contributed by atoms with Crippen LogP contribution in [0.25, 0.3) is 0 Å². The van der Waals surface area contributed by atoms with E-state index in [2.05, 4.69) is 15.0 Å². The zero-order valence-electron chi connectivity index (χ0n) is 11.7. The summed E-state index contributed by atoms with van der Waals surface area (Å²) in [6.45, 7) is 0. The first-order valence-electron chi connectivity index (χ1n) is 6.73. The Labute approximate surface area is 123 Å². The molecule has 3 N–H and O–H groups in total. The summed E-state index contributed by atoms with van der Waals surface area (Å²) in [5.41, 5.74) is 8.60. The molecule has 0 spiro atoms. The molecule has 7 nitrogen and oxygen atoms in total. The van der Waals surface area contributed by atoms with Gasteiger partial charge in [0.15, 0.2) is 5.03 Å². The van der Waals surface area contributed by atoms with Gasteiger partial charge in [0.1, 0.15) is 0 Å². The van der Waals surface area contributed by atoms with Crippen LogP contribution in [0.3, 0.4) is 0 Å². The predicted octanol–water partition coefficient (Wildman–Crippen LogP) is 0.753. The van der Waals surface area contributed by atoms with Crippen molar-refractivity contribution in [2.45, 2.75) is 30.3 Å². The largest absolute Gasteiger partial charge is 0.399 e. The number of hydrogen-bond acceptors (Lipinski definition) is 5. The van der Waals surface area contributed by atoms with E-state index >= 15 is 0 Å². The van der Waals surface area contributed by atoms with Gasteiger partial charge in [-0.2, -0.15) is 0 Å². The lowest BCUT2D eigenvalue weighted by molar-refractivity contribution is 0.500. The number of fused-ring (bicyclic) bond motifs is 1. The summed E-state index contributed by atoms with van der Waals surface area (Å²) >= 11 is 0. The summed E-state index contributed by atoms with van der Waals surface area (Å²) in [6, 6.07) is 5.38. The number of aromatic nitrogens is 3. The lowest BCUT2D eigenvalue weighted by atomic mass is 9.88. The molecule has 1 aliphatic rings. The summed E-state index contributed by atoms with van der Waals surface area (Å²) in [5, 5.41) is 7.34. The Balaban J connectivity index is 1.92. The van der Waals surface area contributed by atoms with Crippen molar-refractivity contribution >= 4 is 15.7 Å². The van der Waals surface area contributed by atoms with Crippen LogP contribution in [0.15, 0.2) is 29.4 Å². The molecule has 8 heteroatoms. The molecule has 0 aliphatic heterocycles. The number of nitrogens with zero attached hydrogens (tertiary/aromatic N) is 3. The van der Waals surface area contributed by atoms with Crippen LogP contribution in [-0.4, -0.2) is 23.4 Å². The van der Waals surface area contributed by atoms with E-state index in [0.29, 0.717) is 5.69 Å². The topological polar surface area (TPSA) is 103 Å². The van der Waals surface area contributed by atoms with Crippen LogP contribution in [0.5, 0.6) is 0 Å². The van der Waals surface area contributed by atoms with Crippen molar-refractivity contribution in [1.29, 1.82) is 0 Å². The maximum atomic E-state index is 12.4. The number of nitrogens with one attached hydrogen (secondary N) is 1. The molecule has 1 heterocycles. The van der Waals surface area contributed by atoms with E-state index in [1.54, 1.807) is 13.1 Å². The fourth-order valence-electron chi connectivity index (χ4n) is 2.73. The Hall–Kier alpha value is -1.93. The van der Waals surface area contributed by atoms with Crippen LogP contribution in [0.1, 0.15) is 30.0 Å². The van der Waals surface area contributed by atoms with Gasteiger partial charge < -0.3 is 5.73 Å². The number of hydrogen-bond donors (Lipinski definition) is 2. The average molecular weight is 307 g/mol. The maximum absolute atomic E-state index is 12.4. The summed E-state index contributed by atoms with van der Waals surface area (Å²) in [5.74, 6) is 0. The number of benzene rings is 1. The van der Waals surface area contributed by atoms with Crippen LogP contribution in [0.4, 0.5) is 5.69 Å². The van der Waals surface area contributed by atoms with Crippen molar-refractivity contribution < 1.29 is 8.42 Å². The zero-order chi connectivity index (χ0) is 15.0. The molecule has 2 aromatic rings. The van der Waals surface area contributed by atoms with Crippen molar-refractivity contribution in [3.05, 3.63) is 35.5 Å². The van der Waals surface area contributed by atoms with Gasteiger partial charge in [0.25, 0.3) is 10.0 Å². The van der Waals surface area contributed by atoms with Gasteiger partial charge in [-0.05, 0) is 42.5 Å². The molecule has 0 saturated heterocycles. The minimum Gasteiger partial charge on any atom is -0.399 e. The first kappa shape index (κ1) is 14.0. The van der Waals surface area contributed by atoms with Crippen LogP contribution in [-0.2, 0) is 23.5 Å². The minimum absolute atomic E-state index is 0.0602. The number of rotatable bonds is 3. The van der Waals surface area contributed by atoms with E-state index in [0.717, 1.165) is 30.4 Å². The fraction of sp³-hybridized carbons (Fsp3) is 0.385. The predicted molar refractivity (Wildman–Crippen MR) is 77.9 cm³/mol. The van der Waals surface area contributed by atoms with Crippen LogP contribution >= 0.6 is 0 Å². The van der Waals surface area contributed by atoms with Gasteiger partial charge in [-0.3, -0.25) is 0 Å². The average Bonchev–Trinajstić information content (AvgIpc) is 2.85. The first-order chi connectivity index (χ1) is 9.97. The Morgan fingerprint density at radius 1 is 1.43 bits per heavy atom. The molecule has 1 aliphatic carbocycles. The lowest BCUT2D eigenvalue weighted by Gasteiger charge is -2.26. The van der Waals surface area contributed by atoms with Gasteiger partial charge in [0, 0.05) is 18.8 Å². The third-order valence-electron chi connectivity index (χ3n) is 3.73. The maximum Gasteiger partial charge on any atom is 0.259 e. The number of aryl methyl sites for hydroxylation is 2. The standard InChI is InChI=1S/C13H17N5O2S/c1-18-13(8-15-17-18)21(19,20)16-12-4-2-3-9-7-10(14)5-6-11(9)12/h5-8,12,16H,2-4,14H2,1H3. The number of nitrogen functional groups attached to an aromatic ring is 1. The second-order valence-electron chi connectivity index (χ2n) is 5.22. The van der Waals surface area contributed by atoms with Gasteiger partial charge in [0.2, 0.25) is 0 Å². The second kappa shape index (κ2) is 5.12. The molecule has 1 atom stereocenters. The quantitative estimate of drug-likeness (QED) is 0.815. The molecule has 0 saturated carbocycles. The SMILES string of the molecule is Cn1nncc1S(=O)(=O)NC1CCCc2cc(N)ccc21. The van der Waals surface area contributed by atoms with Crippen LogP contribution in [0, 0.1) is 0 Å². The fourth-order valence-corrected chi connectivity index (χ4v) is 4.04. The lowest BCUT2D eigenvalue weighted by Crippen LogP contribution is -2.32. The Morgan fingerprint density at radius 2 is 2.24 bits per heavy atom. The van der Waals surface area contributed by atoms with Crippen molar-refractivity contribution in [3.8, 4) is 0 Å². The van der Waals surface area contributed by atoms with E-state index < -0.39 is 10.0 Å². The molecule has 0 fully saturated rings. The first-order valence-corrected chi connectivity index (χ1v) is 8.21. The van der Waals surface area contributed by atoms with Gasteiger partial charge in [0.05, 0.1) is 6.20 Å². The highest BCUT2D eigenvalue weighted by atomic mass is 32.2. The summed E-state index contributed by atoms with van der Waals surface area (Å²) in [7, 11) is -2.09. The van der Waals surface area contributed by atoms with E-state index in [-0.39, 0.29) is 11.1 Å². The minimum atomic E-state index is -3.64. The smallest absolute Gasteiger partial charge is 0.259 e. The molecular weight excluding hydrogens is 290 g/mol. The van der Waals surface area contributed by atoms with Crippen molar-refractivity contribution in [2.75, 3.05) is 5.73 Å². The van der Waals surface area contributed by atoms with E-state index in [1.807, 2.05) is 12.1 Å². The van der Waals surface area contributed by atoms with Crippen molar-refractivity contribution in [2.24, 2.45) is 7.05 Å². The van der Waals surface area contributed by atoms with Gasteiger partial charge in [-0.15, -0.1) is 5.10 Å². The highest BCUT2D eigenvalue weighted by molar-refractivity contribution is 7.89. The molecule has 21 heavy (non-hydrogen) atoms. The molecular formula is C13H17N5O2S. The van der Waals surface area contributed by atoms with Crippen LogP contribution in [0.2, 0.25) is 0 Å². The highest BCUT2D eigenvalue weighted by Gasteiger charge is 2.27. The summed E-state index contributed by atoms with van der Waals surface area (Å²) < 4.78 is 28.8. The number of nitrogens with two attached hydrogens (primary N) is 1. The molecule has 112 valence electrons. The van der Waals surface area contributed by atoms with Gasteiger partial charge in [-0.1, -0.05) is 11.3 Å². The van der Waals surface area contributed by atoms with E-state index in [9.17, 15) is 8.42 Å². The van der Waals surface area contributed by atoms with Crippen molar-refractivity contribution in [3.63, 3.8) is 0 Å². The Kier molecular flexibility index (Phi) is 3.42. The van der Waals surface area contributed by atoms with Crippen molar-refractivity contribution in [1.82, 2.24) is 19.7 Å². The van der Waals surface area contributed by atoms with E-state index in [1.165, 1.54) is 10.9 Å². The highest BCUT2D eigenvalue weighted by Crippen LogP contribution is 2.32. The molecule has 1 aromatic carbocycles. The number of sulfonamides is 1. The summed E-state index contributed by atoms with van der Waals surface area (Å²) in [6.07, 6.45) is 3.86. The molecule has 0 radical (unpaired) electrons. The van der Waals surface area contributed by atoms with E-state index in [4.69, 9.17) is 5.73 Å². The molecule has 1 aromatic heterocycles. The van der Waals surface area contributed by atoms with Gasteiger partial charge >= 0.3 is 0 Å². The third kappa shape index (κ3) is 2.64. The molecule has 3 rings (SSSR count). The second-order valence-corrected chi connectivity index (χ2v) is 6.88. The van der Waals surface area contributed by atoms with Crippen LogP contribution < -0.4 is 10.5 Å². The zero-order valence-corrected chi connectivity index (χ0v) is 12.5. The molecule has 0 amide bonds. The number of anilines is 1.